The molecular weight excluding hydrogens is 699 g/mol. The average molecular weight is 746 g/mol. The molecule has 2 aromatic rings. The Kier molecular flexibility index (Phi) is 12.9. The molecule has 0 saturated carbocycles. The van der Waals surface area contributed by atoms with Crippen molar-refractivity contribution in [2.24, 2.45) is 10.8 Å². The quantitative estimate of drug-likeness (QED) is 0.250. The summed E-state index contributed by atoms with van der Waals surface area (Å²) in [6, 6.07) is 12.4. The van der Waals surface area contributed by atoms with Gasteiger partial charge in [-0.1, -0.05) is 69.6 Å². The number of ether oxygens (including phenoxy) is 2. The molecule has 0 radical (unpaired) electrons. The van der Waals surface area contributed by atoms with Crippen LogP contribution in [0.4, 0.5) is 0 Å². The standard InChI is InChI=1S/C19H29BO6S.C13H17BrO4S/c1-17(2,3)13-24-16(21)12-27(22,23)15-10-8-14(9-11-15)20-25-18(4,5)19(6,7)26-20;1-13(2,3)9-18-12(15)8-19(16,17)11-6-4-10(14)5-7-11/h8-11H,12-13H2,1-7H3;4-7H,8-9H2,1-3H3. The average Bonchev–Trinajstić information content (AvgIpc) is 3.12. The van der Waals surface area contributed by atoms with Crippen molar-refractivity contribution in [3.8, 4) is 0 Å². The lowest BCUT2D eigenvalue weighted by atomic mass is 9.79. The molecule has 1 saturated heterocycles. The second-order valence-corrected chi connectivity index (χ2v) is 19.5. The summed E-state index contributed by atoms with van der Waals surface area (Å²) in [6.07, 6.45) is 0. The third-order valence-electron chi connectivity index (χ3n) is 6.89. The maximum absolute atomic E-state index is 12.4. The van der Waals surface area contributed by atoms with Gasteiger partial charge in [0.05, 0.1) is 34.2 Å². The lowest BCUT2D eigenvalue weighted by Crippen LogP contribution is -2.41. The zero-order chi connectivity index (χ0) is 35.4. The van der Waals surface area contributed by atoms with Gasteiger partial charge >= 0.3 is 19.1 Å². The largest absolute Gasteiger partial charge is 0.494 e. The van der Waals surface area contributed by atoms with Gasteiger partial charge in [-0.3, -0.25) is 9.59 Å². The zero-order valence-corrected chi connectivity index (χ0v) is 31.5. The van der Waals surface area contributed by atoms with Crippen LogP contribution < -0.4 is 5.46 Å². The Balaban J connectivity index is 0.000000341. The number of benzene rings is 2. The van der Waals surface area contributed by atoms with E-state index in [1.807, 2.05) is 69.2 Å². The fraction of sp³-hybridized carbons (Fsp3) is 0.562. The summed E-state index contributed by atoms with van der Waals surface area (Å²) in [6.45, 7) is 19.6. The van der Waals surface area contributed by atoms with E-state index in [2.05, 4.69) is 15.9 Å². The van der Waals surface area contributed by atoms with Crippen LogP contribution in [0, 0.1) is 10.8 Å². The molecule has 1 aliphatic heterocycles. The monoisotopic (exact) mass is 744 g/mol. The molecule has 14 heteroatoms. The van der Waals surface area contributed by atoms with Crippen molar-refractivity contribution in [3.63, 3.8) is 0 Å². The lowest BCUT2D eigenvalue weighted by molar-refractivity contribution is -0.144. The van der Waals surface area contributed by atoms with Crippen molar-refractivity contribution >= 4 is 60.1 Å². The Hall–Kier alpha value is -2.26. The second kappa shape index (κ2) is 14.9. The van der Waals surface area contributed by atoms with Gasteiger partial charge in [0.25, 0.3) is 0 Å². The minimum atomic E-state index is -3.77. The van der Waals surface area contributed by atoms with Gasteiger partial charge in [-0.15, -0.1) is 0 Å². The first-order valence-electron chi connectivity index (χ1n) is 14.7. The number of sulfone groups is 2. The summed E-state index contributed by atoms with van der Waals surface area (Å²) in [5.74, 6) is -2.79. The summed E-state index contributed by atoms with van der Waals surface area (Å²) in [4.78, 5) is 23.6. The highest BCUT2D eigenvalue weighted by Crippen LogP contribution is 2.36. The molecule has 0 atom stereocenters. The smallest absolute Gasteiger partial charge is 0.464 e. The lowest BCUT2D eigenvalue weighted by Gasteiger charge is -2.32. The number of rotatable bonds is 9. The molecule has 10 nitrogen and oxygen atoms in total. The minimum absolute atomic E-state index is 0.0653. The van der Waals surface area contributed by atoms with Gasteiger partial charge in [0.2, 0.25) is 0 Å². The topological polar surface area (TPSA) is 139 Å². The van der Waals surface area contributed by atoms with Crippen LogP contribution in [0.5, 0.6) is 0 Å². The van der Waals surface area contributed by atoms with Crippen LogP contribution in [0.1, 0.15) is 69.2 Å². The first-order chi connectivity index (χ1) is 20.7. The molecule has 1 fully saturated rings. The number of hydrogen-bond acceptors (Lipinski definition) is 10. The maximum atomic E-state index is 12.4. The number of hydrogen-bond donors (Lipinski definition) is 0. The highest BCUT2D eigenvalue weighted by atomic mass is 79.9. The fourth-order valence-electron chi connectivity index (χ4n) is 3.61. The second-order valence-electron chi connectivity index (χ2n) is 14.6. The molecule has 1 aliphatic rings. The molecule has 2 aromatic carbocycles. The Bertz CT molecular complexity index is 1560. The fourth-order valence-corrected chi connectivity index (χ4v) is 6.09. The molecule has 0 aliphatic carbocycles. The maximum Gasteiger partial charge on any atom is 0.494 e. The van der Waals surface area contributed by atoms with E-state index in [4.69, 9.17) is 18.8 Å². The Labute approximate surface area is 283 Å². The first-order valence-corrected chi connectivity index (χ1v) is 18.8. The van der Waals surface area contributed by atoms with Gasteiger partial charge in [-0.25, -0.2) is 16.8 Å². The van der Waals surface area contributed by atoms with Gasteiger partial charge in [-0.05, 0) is 80.4 Å². The van der Waals surface area contributed by atoms with E-state index in [1.165, 1.54) is 24.3 Å². The summed E-state index contributed by atoms with van der Waals surface area (Å²) in [7, 11) is -7.97. The van der Waals surface area contributed by atoms with Gasteiger partial charge < -0.3 is 18.8 Å². The normalized spacial score (nSPS) is 16.3. The van der Waals surface area contributed by atoms with Crippen LogP contribution in [0.15, 0.2) is 62.8 Å². The van der Waals surface area contributed by atoms with E-state index in [-0.39, 0.29) is 33.8 Å². The minimum Gasteiger partial charge on any atom is -0.464 e. The summed E-state index contributed by atoms with van der Waals surface area (Å²) in [5, 5.41) is 0. The molecule has 0 aromatic heterocycles. The van der Waals surface area contributed by atoms with Crippen molar-refractivity contribution in [1.29, 1.82) is 0 Å². The SMILES string of the molecule is CC(C)(C)COC(=O)CS(=O)(=O)c1ccc(B2OC(C)(C)C(C)(C)O2)cc1.CC(C)(C)COC(=O)CS(=O)(=O)c1ccc(Br)cc1. The molecule has 256 valence electrons. The van der Waals surface area contributed by atoms with Crippen molar-refractivity contribution in [1.82, 2.24) is 0 Å². The Morgan fingerprint density at radius 3 is 1.33 bits per heavy atom. The molecule has 1 heterocycles. The number of halogens is 1. The van der Waals surface area contributed by atoms with Crippen LogP contribution in [-0.4, -0.2) is 71.8 Å². The predicted octanol–water partition coefficient (Wildman–Crippen LogP) is 5.16. The molecule has 3 rings (SSSR count). The molecule has 0 spiro atoms. The Morgan fingerprint density at radius 1 is 0.674 bits per heavy atom. The number of esters is 2. The van der Waals surface area contributed by atoms with E-state index in [0.717, 1.165) is 9.94 Å². The van der Waals surface area contributed by atoms with Crippen molar-refractivity contribution in [2.75, 3.05) is 24.7 Å². The summed E-state index contributed by atoms with van der Waals surface area (Å²) >= 11 is 3.22. The van der Waals surface area contributed by atoms with E-state index in [1.54, 1.807) is 24.3 Å². The van der Waals surface area contributed by atoms with Crippen LogP contribution in [0.25, 0.3) is 0 Å². The van der Waals surface area contributed by atoms with E-state index < -0.39 is 61.4 Å². The highest BCUT2D eigenvalue weighted by Gasteiger charge is 2.51. The molecule has 0 bridgehead atoms. The number of carbonyl (C=O) groups is 2. The third-order valence-corrected chi connectivity index (χ3v) is 10.6. The van der Waals surface area contributed by atoms with Crippen molar-refractivity contribution in [3.05, 3.63) is 53.0 Å². The van der Waals surface area contributed by atoms with Gasteiger partial charge in [0, 0.05) is 4.47 Å². The van der Waals surface area contributed by atoms with Crippen molar-refractivity contribution < 1.29 is 45.2 Å². The van der Waals surface area contributed by atoms with E-state index in [9.17, 15) is 26.4 Å². The van der Waals surface area contributed by atoms with Gasteiger partial charge in [-0.2, -0.15) is 0 Å². The zero-order valence-electron chi connectivity index (χ0n) is 28.3. The van der Waals surface area contributed by atoms with Crippen LogP contribution in [0.3, 0.4) is 0 Å². The molecule has 0 unspecified atom stereocenters. The van der Waals surface area contributed by atoms with Crippen LogP contribution >= 0.6 is 15.9 Å². The predicted molar refractivity (Wildman–Crippen MR) is 181 cm³/mol. The third kappa shape index (κ3) is 12.4. The Morgan fingerprint density at radius 2 is 1.00 bits per heavy atom. The molecule has 46 heavy (non-hydrogen) atoms. The van der Waals surface area contributed by atoms with E-state index in [0.29, 0.717) is 0 Å². The van der Waals surface area contributed by atoms with Crippen LogP contribution in [-0.2, 0) is 48.0 Å². The van der Waals surface area contributed by atoms with Crippen molar-refractivity contribution in [2.45, 2.75) is 90.2 Å². The highest BCUT2D eigenvalue weighted by molar-refractivity contribution is 9.10. The van der Waals surface area contributed by atoms with E-state index >= 15 is 0 Å². The van der Waals surface area contributed by atoms with Crippen LogP contribution in [0.2, 0.25) is 0 Å². The molecule has 0 amide bonds. The first kappa shape index (κ1) is 39.9. The molecule has 0 N–H and O–H groups in total. The van der Waals surface area contributed by atoms with Gasteiger partial charge in [0.15, 0.2) is 31.2 Å². The number of carbonyl (C=O) groups excluding carboxylic acids is 2. The van der Waals surface area contributed by atoms with Gasteiger partial charge in [0.1, 0.15) is 0 Å². The molecular formula is C32H46BBrO10S2. The summed E-state index contributed by atoms with van der Waals surface area (Å²) in [5.41, 5.74) is -0.623. The summed E-state index contributed by atoms with van der Waals surface area (Å²) < 4.78 is 71.5.